The molecule has 0 aromatic rings. The van der Waals surface area contributed by atoms with Gasteiger partial charge in [0.25, 0.3) is 0 Å². The Morgan fingerprint density at radius 1 is 0.319 bits per heavy atom. The molecule has 0 radical (unpaired) electrons. The van der Waals surface area contributed by atoms with Crippen molar-refractivity contribution in [2.75, 3.05) is 0 Å². The maximum Gasteiger partial charge on any atom is 0.307 e. The molecular weight excluding hydrogens is 913 g/mol. The van der Waals surface area contributed by atoms with E-state index in [0.717, 1.165) is 73.7 Å². The zero-order valence-electron chi connectivity index (χ0n) is 46.9. The zero-order valence-corrected chi connectivity index (χ0v) is 46.9. The van der Waals surface area contributed by atoms with Crippen LogP contribution in [0.2, 0.25) is 0 Å². The molecule has 8 saturated carbocycles. The van der Waals surface area contributed by atoms with E-state index in [1.165, 1.54) is 0 Å². The van der Waals surface area contributed by atoms with Gasteiger partial charge in [0.15, 0.2) is 0 Å². The molecular formula is C60H96O12. The van der Waals surface area contributed by atoms with Gasteiger partial charge in [0.1, 0.15) is 0 Å². The fourth-order valence-corrected chi connectivity index (χ4v) is 16.9. The third-order valence-electron chi connectivity index (χ3n) is 21.2. The summed E-state index contributed by atoms with van der Waals surface area (Å²) in [6.07, 6.45) is 6.67. The second kappa shape index (κ2) is 19.4. The van der Waals surface area contributed by atoms with Gasteiger partial charge < -0.3 is 40.9 Å². The molecule has 20 atom stereocenters. The number of aliphatic hydroxyl groups is 4. The third-order valence-corrected chi connectivity index (χ3v) is 21.2. The summed E-state index contributed by atoms with van der Waals surface area (Å²) in [6, 6.07) is 0. The monoisotopic (exact) mass is 1010 g/mol. The molecule has 0 heterocycles. The van der Waals surface area contributed by atoms with Crippen LogP contribution in [0.15, 0.2) is 48.6 Å². The van der Waals surface area contributed by atoms with Crippen LogP contribution in [0.4, 0.5) is 0 Å². The highest BCUT2D eigenvalue weighted by atomic mass is 16.4. The molecule has 8 fully saturated rings. The third kappa shape index (κ3) is 10.6. The van der Waals surface area contributed by atoms with E-state index >= 15 is 0 Å². The largest absolute Gasteiger partial charge is 0.481 e. The molecule has 8 rings (SSSR count). The molecule has 408 valence electrons. The van der Waals surface area contributed by atoms with Gasteiger partial charge in [-0.25, -0.2) is 0 Å². The average molecular weight is 1010 g/mol. The first kappa shape index (κ1) is 59.6. The van der Waals surface area contributed by atoms with Gasteiger partial charge in [-0.15, -0.1) is 0 Å². The van der Waals surface area contributed by atoms with E-state index in [-0.39, 0.29) is 116 Å². The number of hydrogen-bond acceptors (Lipinski definition) is 8. The molecule has 8 aliphatic carbocycles. The van der Waals surface area contributed by atoms with Crippen LogP contribution in [-0.4, -0.2) is 87.1 Å². The van der Waals surface area contributed by atoms with Gasteiger partial charge in [0.2, 0.25) is 0 Å². The highest BCUT2D eigenvalue weighted by Crippen LogP contribution is 2.71. The summed E-state index contributed by atoms with van der Waals surface area (Å²) in [5.74, 6) is -2.79. The Morgan fingerprint density at radius 3 is 0.556 bits per heavy atom. The van der Waals surface area contributed by atoms with Crippen molar-refractivity contribution in [1.29, 1.82) is 0 Å². The van der Waals surface area contributed by atoms with E-state index in [2.05, 4.69) is 26.3 Å². The molecule has 8 N–H and O–H groups in total. The Morgan fingerprint density at radius 2 is 0.458 bits per heavy atom. The van der Waals surface area contributed by atoms with Crippen LogP contribution in [0.3, 0.4) is 0 Å². The number of carboxylic acid groups (broad SMARTS) is 4. The van der Waals surface area contributed by atoms with Crippen LogP contribution in [0.25, 0.3) is 0 Å². The molecule has 0 aliphatic heterocycles. The summed E-state index contributed by atoms with van der Waals surface area (Å²) >= 11 is 0. The summed E-state index contributed by atoms with van der Waals surface area (Å²) in [7, 11) is 0. The molecule has 12 nitrogen and oxygen atoms in total. The van der Waals surface area contributed by atoms with Crippen molar-refractivity contribution in [2.24, 2.45) is 116 Å². The smallest absolute Gasteiger partial charge is 0.307 e. The number of allylic oxidation sites excluding steroid dienone is 4. The van der Waals surface area contributed by atoms with Crippen LogP contribution in [-0.2, 0) is 19.2 Å². The van der Waals surface area contributed by atoms with Crippen molar-refractivity contribution >= 4 is 23.9 Å². The number of hydrogen-bond donors (Lipinski definition) is 8. The molecule has 0 aromatic carbocycles. The van der Waals surface area contributed by atoms with Crippen molar-refractivity contribution in [1.82, 2.24) is 0 Å². The Bertz CT molecular complexity index is 1880. The molecule has 0 spiro atoms. The highest BCUT2D eigenvalue weighted by molar-refractivity contribution is 5.77. The van der Waals surface area contributed by atoms with Gasteiger partial charge in [0, 0.05) is 0 Å². The van der Waals surface area contributed by atoms with Crippen molar-refractivity contribution in [3.63, 3.8) is 0 Å². The van der Waals surface area contributed by atoms with Gasteiger partial charge in [-0.05, 0) is 199 Å². The van der Waals surface area contributed by atoms with E-state index in [4.69, 9.17) is 0 Å². The second-order valence-corrected chi connectivity index (χ2v) is 28.2. The topological polar surface area (TPSA) is 230 Å². The predicted octanol–water partition coefficient (Wildman–Crippen LogP) is 10.8. The van der Waals surface area contributed by atoms with Crippen molar-refractivity contribution in [3.05, 3.63) is 48.6 Å². The minimum absolute atomic E-state index is 0.0334. The quantitative estimate of drug-likeness (QED) is 0.0854. The lowest BCUT2D eigenvalue weighted by Gasteiger charge is -2.31. The lowest BCUT2D eigenvalue weighted by Crippen LogP contribution is -2.35. The first-order chi connectivity index (χ1) is 32.4. The van der Waals surface area contributed by atoms with Crippen molar-refractivity contribution < 1.29 is 60.0 Å². The Balaban J connectivity index is 0.000000178. The molecule has 0 saturated heterocycles. The number of rotatable bonds is 12. The molecule has 0 bridgehead atoms. The summed E-state index contributed by atoms with van der Waals surface area (Å²) in [5, 5.41) is 79.6. The highest BCUT2D eigenvalue weighted by Gasteiger charge is 2.73. The van der Waals surface area contributed by atoms with Gasteiger partial charge in [-0.2, -0.15) is 0 Å². The summed E-state index contributed by atoms with van der Waals surface area (Å²) in [6.45, 7) is 47.5. The fourth-order valence-electron chi connectivity index (χ4n) is 16.9. The summed E-state index contributed by atoms with van der Waals surface area (Å²) in [4.78, 5) is 45.3. The molecule has 0 aromatic heterocycles. The minimum atomic E-state index is -0.754. The first-order valence-corrected chi connectivity index (χ1v) is 26.8. The molecule has 72 heavy (non-hydrogen) atoms. The zero-order chi connectivity index (χ0) is 55.5. The standard InChI is InChI=1S/4C15H24O3/c4*1-8(2)9-6-7-15(5,18)10(9)11-12(13(16)17)14(11,3)4/h4*9-12,18H,1,6-7H2,2-5H3,(H,16,17)/t4*9-,10+,11-,12-,15-/m0000/s1. The van der Waals surface area contributed by atoms with Crippen molar-refractivity contribution in [2.45, 2.75) is 185 Å². The Labute approximate surface area is 431 Å². The van der Waals surface area contributed by atoms with E-state index < -0.39 is 46.3 Å². The Kier molecular flexibility index (Phi) is 16.0. The molecule has 0 unspecified atom stereocenters. The van der Waals surface area contributed by atoms with E-state index in [1.807, 2.05) is 111 Å². The van der Waals surface area contributed by atoms with Crippen LogP contribution in [0, 0.1) is 116 Å². The van der Waals surface area contributed by atoms with Crippen molar-refractivity contribution in [3.8, 4) is 0 Å². The molecule has 12 heteroatoms. The van der Waals surface area contributed by atoms with Gasteiger partial charge >= 0.3 is 23.9 Å². The lowest BCUT2D eigenvalue weighted by atomic mass is 9.78. The summed E-state index contributed by atoms with van der Waals surface area (Å²) < 4.78 is 0. The van der Waals surface area contributed by atoms with E-state index in [1.54, 1.807) is 0 Å². The average Bonchev–Trinajstić information content (AvgIpc) is 4.04. The van der Waals surface area contributed by atoms with Crippen LogP contribution in [0.5, 0.6) is 0 Å². The van der Waals surface area contributed by atoms with Crippen LogP contribution >= 0.6 is 0 Å². The van der Waals surface area contributed by atoms with E-state index in [0.29, 0.717) is 0 Å². The summed E-state index contributed by atoms with van der Waals surface area (Å²) in [5.41, 5.74) is 0.439. The predicted molar refractivity (Wildman–Crippen MR) is 280 cm³/mol. The van der Waals surface area contributed by atoms with E-state index in [9.17, 15) is 60.0 Å². The van der Waals surface area contributed by atoms with Gasteiger partial charge in [-0.3, -0.25) is 19.2 Å². The normalized spacial score (nSPS) is 45.8. The fraction of sp³-hybridized carbons (Fsp3) is 0.800. The number of aliphatic carboxylic acids is 4. The maximum atomic E-state index is 11.3. The van der Waals surface area contributed by atoms with Gasteiger partial charge in [-0.1, -0.05) is 104 Å². The minimum Gasteiger partial charge on any atom is -0.481 e. The molecule has 0 amide bonds. The van der Waals surface area contributed by atoms with Crippen LogP contribution < -0.4 is 0 Å². The lowest BCUT2D eigenvalue weighted by molar-refractivity contribution is -0.141. The maximum absolute atomic E-state index is 11.3. The Hall–Kier alpha value is -3.32. The molecule has 8 aliphatic rings. The second-order valence-electron chi connectivity index (χ2n) is 28.2. The van der Waals surface area contributed by atoms with Gasteiger partial charge in [0.05, 0.1) is 46.1 Å². The number of carboxylic acids is 4. The first-order valence-electron chi connectivity index (χ1n) is 26.8. The number of carbonyl (C=O) groups is 4. The SMILES string of the molecule is C=C(C)[C@@H]1CC[C@](C)(O)[C@H]1[C@H]1[C@@H](C(=O)O)C1(C)C.C=C(C)[C@@H]1CC[C@](C)(O)[C@H]1[C@H]1[C@@H](C(=O)O)C1(C)C.C=C(C)[C@@H]1CC[C@](C)(O)[C@H]1[C@H]1[C@@H](C(=O)O)C1(C)C.C=C(C)[C@@H]1CC[C@](C)(O)[C@H]1[C@H]1[C@@H](C(=O)O)C1(C)C. The van der Waals surface area contributed by atoms with Crippen LogP contribution in [0.1, 0.15) is 162 Å².